The van der Waals surface area contributed by atoms with Gasteiger partial charge in [-0.3, -0.25) is 0 Å². The van der Waals surface area contributed by atoms with Crippen molar-refractivity contribution in [2.45, 2.75) is 10.8 Å². The van der Waals surface area contributed by atoms with Crippen LogP contribution in [0.25, 0.3) is 135 Å². The van der Waals surface area contributed by atoms with Gasteiger partial charge in [0.2, 0.25) is 0 Å². The van der Waals surface area contributed by atoms with E-state index in [9.17, 15) is 0 Å². The molecule has 2 spiro atoms. The maximum atomic E-state index is 7.19. The predicted molar refractivity (Wildman–Crippen MR) is 427 cm³/mol. The van der Waals surface area contributed by atoms with Gasteiger partial charge in [-0.25, -0.2) is 19.9 Å². The molecule has 0 N–H and O–H groups in total. The molecule has 0 bridgehead atoms. The van der Waals surface area contributed by atoms with Gasteiger partial charge in [-0.05, 0) is 162 Å². The second-order valence-electron chi connectivity index (χ2n) is 27.9. The Balaban J connectivity index is 0.660. The first-order chi connectivity index (χ1) is 52.5. The van der Waals surface area contributed by atoms with Crippen molar-refractivity contribution in [2.75, 3.05) is 0 Å². The van der Waals surface area contributed by atoms with Crippen LogP contribution in [-0.4, -0.2) is 19.9 Å². The van der Waals surface area contributed by atoms with Crippen LogP contribution in [0.3, 0.4) is 0 Å². The summed E-state index contributed by atoms with van der Waals surface area (Å²) < 4.78 is 14.0. The molecule has 0 saturated carbocycles. The van der Waals surface area contributed by atoms with Crippen LogP contribution in [0.2, 0.25) is 0 Å². The van der Waals surface area contributed by atoms with E-state index in [-0.39, 0.29) is 0 Å². The first-order valence-corrected chi connectivity index (χ1v) is 36.1. The van der Waals surface area contributed by atoms with Crippen molar-refractivity contribution in [2.24, 2.45) is 0 Å². The number of hydrogen-bond acceptors (Lipinski definition) is 6. The predicted octanol–water partition coefficient (Wildman–Crippen LogP) is 24.9. The van der Waals surface area contributed by atoms with Gasteiger partial charge in [-0.15, -0.1) is 0 Å². The van der Waals surface area contributed by atoms with Crippen molar-refractivity contribution < 1.29 is 9.47 Å². The highest BCUT2D eigenvalue weighted by Gasteiger charge is 2.53. The molecule has 21 rings (SSSR count). The van der Waals surface area contributed by atoms with Gasteiger partial charge in [0.15, 0.2) is 11.6 Å². The summed E-state index contributed by atoms with van der Waals surface area (Å²) in [7, 11) is 0. The molecule has 0 amide bonds. The SMILES string of the molecule is c1ccc(-c2ccc(-c3cc(-c4cccc(-c5ccc6c(c5)C5(c7cc(-c8cccc(-c9nc(-c%10ccccc%10)cc(-c%10cccc(-c%11ccc%12c(c%11)C%11(c%13ccccc%13O%12)c%12ccccc%12-c%12ccccc%12%11)c%10)n9)c8)ccc7O6)c6ccccc6-c6ccccc65)c4)nc(-c4ccccc4)n3)cc2)cc1. The van der Waals surface area contributed by atoms with Gasteiger partial charge in [0.05, 0.1) is 33.6 Å². The molecule has 6 heteroatoms. The van der Waals surface area contributed by atoms with Crippen LogP contribution in [0.15, 0.2) is 376 Å². The zero-order valence-corrected chi connectivity index (χ0v) is 57.4. The summed E-state index contributed by atoms with van der Waals surface area (Å²) in [4.78, 5) is 21.4. The molecule has 2 aliphatic carbocycles. The van der Waals surface area contributed by atoms with E-state index in [1.165, 1.54) is 50.1 Å². The highest BCUT2D eigenvalue weighted by atomic mass is 16.5. The second-order valence-corrected chi connectivity index (χ2v) is 27.9. The molecule has 0 fully saturated rings. The number of para-hydroxylation sites is 1. The Morgan fingerprint density at radius 1 is 0.160 bits per heavy atom. The smallest absolute Gasteiger partial charge is 0.160 e. The molecule has 0 unspecified atom stereocenters. The van der Waals surface area contributed by atoms with Crippen LogP contribution in [0, 0.1) is 0 Å². The fourth-order valence-electron chi connectivity index (χ4n) is 17.3. The monoisotopic (exact) mass is 1350 g/mol. The lowest BCUT2D eigenvalue weighted by molar-refractivity contribution is 0.436. The van der Waals surface area contributed by atoms with Gasteiger partial charge < -0.3 is 9.47 Å². The number of rotatable bonds is 10. The van der Waals surface area contributed by atoms with Crippen molar-refractivity contribution in [1.82, 2.24) is 19.9 Å². The molecule has 15 aromatic carbocycles. The van der Waals surface area contributed by atoms with Gasteiger partial charge in [-0.2, -0.15) is 0 Å². The van der Waals surface area contributed by atoms with Crippen LogP contribution < -0.4 is 9.47 Å². The Labute approximate surface area is 614 Å². The van der Waals surface area contributed by atoms with Crippen molar-refractivity contribution in [3.8, 4) is 158 Å². The fraction of sp³-hybridized carbons (Fsp3) is 0.0200. The Morgan fingerprint density at radius 3 is 0.868 bits per heavy atom. The summed E-state index contributed by atoms with van der Waals surface area (Å²) in [6, 6.07) is 135. The van der Waals surface area contributed by atoms with E-state index >= 15 is 0 Å². The molecule has 0 radical (unpaired) electrons. The number of fused-ring (bicyclic) bond motifs is 18. The number of hydrogen-bond donors (Lipinski definition) is 0. The standard InChI is InChI=1S/C100H62N4O2/c1-4-23-63(24-5-1)64-45-47-66(48-46-64)90-62-91(103-97(101-90)67-27-8-3-9-28-67)74-32-20-30-69(55-74)72-50-53-95-87(59-72)100(83-41-16-12-37-79(83)80-38-13-17-42-84(80)100)88-60-73(51-54-96(88)106-95)70-31-22-34-76(57-70)98-102-89(65-25-6-2-7-26-65)61-92(104-98)75-33-21-29-68(56-75)71-49-52-94-86(58-71)99(85-43-18-19-44-93(85)105-94)81-39-14-10-35-77(81)78-36-11-15-40-82(78)99/h1-62H. The van der Waals surface area contributed by atoms with Crippen LogP contribution in [0.5, 0.6) is 23.0 Å². The lowest BCUT2D eigenvalue weighted by Gasteiger charge is -2.40. The minimum Gasteiger partial charge on any atom is -0.457 e. The van der Waals surface area contributed by atoms with Gasteiger partial charge in [0, 0.05) is 55.6 Å². The van der Waals surface area contributed by atoms with Crippen molar-refractivity contribution in [3.63, 3.8) is 0 Å². The molecule has 6 nitrogen and oxygen atoms in total. The van der Waals surface area contributed by atoms with E-state index in [1.54, 1.807) is 0 Å². The number of ether oxygens (including phenoxy) is 2. The van der Waals surface area contributed by atoms with E-state index in [2.05, 4.69) is 346 Å². The normalized spacial score (nSPS) is 13.2. The molecule has 106 heavy (non-hydrogen) atoms. The second kappa shape index (κ2) is 24.4. The summed E-state index contributed by atoms with van der Waals surface area (Å²) in [5, 5.41) is 0. The highest BCUT2D eigenvalue weighted by molar-refractivity contribution is 5.93. The third-order valence-corrected chi connectivity index (χ3v) is 22.1. The van der Waals surface area contributed by atoms with E-state index in [0.29, 0.717) is 11.6 Å². The van der Waals surface area contributed by atoms with E-state index < -0.39 is 10.8 Å². The van der Waals surface area contributed by atoms with Gasteiger partial charge >= 0.3 is 0 Å². The Bertz CT molecular complexity index is 6310. The van der Waals surface area contributed by atoms with Gasteiger partial charge in [0.25, 0.3) is 0 Å². The summed E-state index contributed by atoms with van der Waals surface area (Å²) in [6.45, 7) is 0. The fourth-order valence-corrected chi connectivity index (χ4v) is 17.3. The summed E-state index contributed by atoms with van der Waals surface area (Å²) in [6.07, 6.45) is 0. The maximum absolute atomic E-state index is 7.19. The first kappa shape index (κ1) is 60.8. The third kappa shape index (κ3) is 9.65. The van der Waals surface area contributed by atoms with Crippen LogP contribution in [-0.2, 0) is 10.8 Å². The Hall–Kier alpha value is -13.9. The number of aromatic nitrogens is 4. The van der Waals surface area contributed by atoms with Crippen LogP contribution >= 0.6 is 0 Å². The van der Waals surface area contributed by atoms with E-state index in [0.717, 1.165) is 140 Å². The highest BCUT2D eigenvalue weighted by Crippen LogP contribution is 2.65. The average molecular weight is 1350 g/mol. The summed E-state index contributed by atoms with van der Waals surface area (Å²) >= 11 is 0. The molecule has 4 heterocycles. The summed E-state index contributed by atoms with van der Waals surface area (Å²) in [5.74, 6) is 4.65. The molecule has 2 aliphatic heterocycles. The molecule has 4 aliphatic rings. The third-order valence-electron chi connectivity index (χ3n) is 22.1. The number of nitrogens with zero attached hydrogens (tertiary/aromatic N) is 4. The zero-order chi connectivity index (χ0) is 69.9. The number of benzene rings is 15. The van der Waals surface area contributed by atoms with Crippen molar-refractivity contribution in [3.05, 3.63) is 421 Å². The van der Waals surface area contributed by atoms with E-state index in [1.807, 2.05) is 30.3 Å². The molecular weight excluding hydrogens is 1290 g/mol. The molecule has 2 aromatic heterocycles. The van der Waals surface area contributed by atoms with Crippen LogP contribution in [0.4, 0.5) is 0 Å². The van der Waals surface area contributed by atoms with Gasteiger partial charge in [0.1, 0.15) is 23.0 Å². The Morgan fingerprint density at radius 2 is 0.425 bits per heavy atom. The topological polar surface area (TPSA) is 70.0 Å². The first-order valence-electron chi connectivity index (χ1n) is 36.1. The molecular formula is C100H62N4O2. The molecule has 494 valence electrons. The van der Waals surface area contributed by atoms with E-state index in [4.69, 9.17) is 29.4 Å². The lowest BCUT2D eigenvalue weighted by atomic mass is 9.65. The average Bonchev–Trinajstić information content (AvgIpc) is 1.49. The van der Waals surface area contributed by atoms with Crippen molar-refractivity contribution in [1.29, 1.82) is 0 Å². The van der Waals surface area contributed by atoms with Crippen LogP contribution in [0.1, 0.15) is 44.5 Å². The zero-order valence-electron chi connectivity index (χ0n) is 57.4. The van der Waals surface area contributed by atoms with Crippen molar-refractivity contribution >= 4 is 0 Å². The summed E-state index contributed by atoms with van der Waals surface area (Å²) in [5.41, 5.74) is 30.7. The molecule has 0 atom stereocenters. The quantitative estimate of drug-likeness (QED) is 0.136. The minimum absolute atomic E-state index is 0.586. The van der Waals surface area contributed by atoms with Gasteiger partial charge in [-0.1, -0.05) is 303 Å². The molecule has 0 saturated heterocycles. The minimum atomic E-state index is -0.761. The Kier molecular flexibility index (Phi) is 14.0. The molecule has 17 aromatic rings. The lowest BCUT2D eigenvalue weighted by Crippen LogP contribution is -2.32. The largest absolute Gasteiger partial charge is 0.457 e. The maximum Gasteiger partial charge on any atom is 0.160 e.